The average molecular weight is 163 g/mol. The van der Waals surface area contributed by atoms with Crippen molar-refractivity contribution < 1.29 is 4.79 Å². The number of rotatable bonds is 2. The molecule has 1 rings (SSSR count). The summed E-state index contributed by atoms with van der Waals surface area (Å²) in [5, 5.41) is 9.81. The summed E-state index contributed by atoms with van der Waals surface area (Å²) < 4.78 is 0. The van der Waals surface area contributed by atoms with Crippen molar-refractivity contribution in [2.45, 2.75) is 6.92 Å². The van der Waals surface area contributed by atoms with Gasteiger partial charge >= 0.3 is 0 Å². The summed E-state index contributed by atoms with van der Waals surface area (Å²) in [4.78, 5) is 11.0. The molecule has 0 aliphatic heterocycles. The summed E-state index contributed by atoms with van der Waals surface area (Å²) in [5.41, 5.74) is 0.445. The van der Waals surface area contributed by atoms with Gasteiger partial charge in [0.05, 0.1) is 0 Å². The molecule has 1 heterocycles. The van der Waals surface area contributed by atoms with Crippen LogP contribution in [0.15, 0.2) is 30.5 Å². The maximum Gasteiger partial charge on any atom is 0.251 e. The molecule has 0 bridgehead atoms. The third-order valence-electron chi connectivity index (χ3n) is 1.20. The molecule has 0 unspecified atom stereocenters. The van der Waals surface area contributed by atoms with E-state index in [4.69, 9.17) is 0 Å². The highest BCUT2D eigenvalue weighted by Gasteiger charge is 2.01. The van der Waals surface area contributed by atoms with Crippen LogP contribution in [-0.4, -0.2) is 16.1 Å². The van der Waals surface area contributed by atoms with Gasteiger partial charge in [0.1, 0.15) is 0 Å². The third-order valence-corrected chi connectivity index (χ3v) is 1.20. The zero-order valence-electron chi connectivity index (χ0n) is 6.74. The molecule has 0 radical (unpaired) electrons. The lowest BCUT2D eigenvalue weighted by atomic mass is 10.3. The molecule has 0 spiro atoms. The summed E-state index contributed by atoms with van der Waals surface area (Å²) in [6.45, 7) is 5.12. The van der Waals surface area contributed by atoms with Gasteiger partial charge in [0.25, 0.3) is 5.91 Å². The quantitative estimate of drug-likeness (QED) is 0.661. The second kappa shape index (κ2) is 3.61. The first-order valence-electron chi connectivity index (χ1n) is 3.44. The van der Waals surface area contributed by atoms with Crippen molar-refractivity contribution in [1.82, 2.24) is 10.2 Å². The Balaban J connectivity index is 2.65. The minimum absolute atomic E-state index is 0.240. The number of carbonyl (C=O) groups excluding carboxylic acids is 1. The van der Waals surface area contributed by atoms with E-state index >= 15 is 0 Å². The van der Waals surface area contributed by atoms with Gasteiger partial charge in [-0.05, 0) is 19.1 Å². The Morgan fingerprint density at radius 3 is 2.92 bits per heavy atom. The summed E-state index contributed by atoms with van der Waals surface area (Å²) in [6, 6.07) is 3.36. The lowest BCUT2D eigenvalue weighted by Gasteiger charge is -2.00. The number of hydrogen-bond acceptors (Lipinski definition) is 3. The van der Waals surface area contributed by atoms with Crippen LogP contribution in [0, 0.1) is 0 Å². The number of anilines is 1. The zero-order valence-corrected chi connectivity index (χ0v) is 6.74. The van der Waals surface area contributed by atoms with Crippen LogP contribution in [0.1, 0.15) is 6.92 Å². The van der Waals surface area contributed by atoms with Gasteiger partial charge in [-0.15, -0.1) is 5.10 Å². The van der Waals surface area contributed by atoms with Crippen molar-refractivity contribution in [2.24, 2.45) is 0 Å². The molecule has 0 aromatic carbocycles. The Bertz CT molecular complexity index is 294. The van der Waals surface area contributed by atoms with E-state index in [-0.39, 0.29) is 5.91 Å². The molecule has 1 aromatic rings. The van der Waals surface area contributed by atoms with Crippen LogP contribution < -0.4 is 5.32 Å². The van der Waals surface area contributed by atoms with Gasteiger partial charge in [0.2, 0.25) is 0 Å². The second-order valence-corrected chi connectivity index (χ2v) is 2.34. The number of amides is 1. The Kier molecular flexibility index (Phi) is 2.53. The van der Waals surface area contributed by atoms with Gasteiger partial charge in [-0.3, -0.25) is 4.79 Å². The summed E-state index contributed by atoms with van der Waals surface area (Å²) in [7, 11) is 0. The van der Waals surface area contributed by atoms with Gasteiger partial charge in [0, 0.05) is 11.8 Å². The van der Waals surface area contributed by atoms with Gasteiger partial charge < -0.3 is 5.32 Å². The average Bonchev–Trinajstić information content (AvgIpc) is 2.06. The third kappa shape index (κ3) is 2.16. The Morgan fingerprint density at radius 1 is 1.67 bits per heavy atom. The molecule has 12 heavy (non-hydrogen) atoms. The fourth-order valence-electron chi connectivity index (χ4n) is 0.591. The van der Waals surface area contributed by atoms with Crippen LogP contribution in [-0.2, 0) is 4.79 Å². The summed E-state index contributed by atoms with van der Waals surface area (Å²) >= 11 is 0. The first-order valence-corrected chi connectivity index (χ1v) is 3.44. The van der Waals surface area contributed by atoms with E-state index in [2.05, 4.69) is 22.1 Å². The molecule has 4 heteroatoms. The fraction of sp³-hybridized carbons (Fsp3) is 0.125. The first-order chi connectivity index (χ1) is 5.70. The van der Waals surface area contributed by atoms with E-state index < -0.39 is 0 Å². The van der Waals surface area contributed by atoms with E-state index in [1.807, 2.05) is 0 Å². The van der Waals surface area contributed by atoms with Crippen molar-refractivity contribution in [3.63, 3.8) is 0 Å². The van der Waals surface area contributed by atoms with Crippen LogP contribution >= 0.6 is 0 Å². The molecule has 1 amide bonds. The highest BCUT2D eigenvalue weighted by atomic mass is 16.1. The molecule has 62 valence electrons. The molecule has 0 saturated carbocycles. The van der Waals surface area contributed by atoms with Crippen molar-refractivity contribution in [2.75, 3.05) is 5.32 Å². The van der Waals surface area contributed by atoms with Gasteiger partial charge in [-0.25, -0.2) is 0 Å². The molecule has 0 saturated heterocycles. The van der Waals surface area contributed by atoms with E-state index in [1.54, 1.807) is 19.1 Å². The minimum Gasteiger partial charge on any atom is -0.305 e. The maximum absolute atomic E-state index is 11.0. The van der Waals surface area contributed by atoms with Crippen LogP contribution in [0.3, 0.4) is 0 Å². The smallest absolute Gasteiger partial charge is 0.251 e. The molecule has 0 aliphatic rings. The highest BCUT2D eigenvalue weighted by molar-refractivity contribution is 6.02. The van der Waals surface area contributed by atoms with Crippen LogP contribution in [0.2, 0.25) is 0 Å². The second-order valence-electron chi connectivity index (χ2n) is 2.34. The number of nitrogens with zero attached hydrogens (tertiary/aromatic N) is 2. The minimum atomic E-state index is -0.240. The summed E-state index contributed by atoms with van der Waals surface area (Å²) in [6.07, 6.45) is 1.54. The number of nitrogens with one attached hydrogen (secondary N) is 1. The lowest BCUT2D eigenvalue weighted by molar-refractivity contribution is -0.112. The zero-order chi connectivity index (χ0) is 8.97. The van der Waals surface area contributed by atoms with Gasteiger partial charge in [0.15, 0.2) is 5.82 Å². The molecule has 0 aliphatic carbocycles. The molecule has 4 nitrogen and oxygen atoms in total. The summed E-state index contributed by atoms with van der Waals surface area (Å²) in [5.74, 6) is 0.195. The molecule has 1 aromatic heterocycles. The Labute approximate surface area is 70.3 Å². The fourth-order valence-corrected chi connectivity index (χ4v) is 0.591. The normalized spacial score (nSPS) is 9.08. The van der Waals surface area contributed by atoms with Crippen molar-refractivity contribution in [1.29, 1.82) is 0 Å². The van der Waals surface area contributed by atoms with E-state index in [0.717, 1.165) is 0 Å². The molecule has 0 fully saturated rings. The topological polar surface area (TPSA) is 54.9 Å². The standard InChI is InChI=1S/C8H9N3O/c1-6(2)8(12)10-7-4-3-5-9-11-7/h3-5H,1H2,2H3,(H,10,11,12). The van der Waals surface area contributed by atoms with E-state index in [1.165, 1.54) is 6.20 Å². The van der Waals surface area contributed by atoms with Crippen LogP contribution in [0.25, 0.3) is 0 Å². The predicted molar refractivity (Wildman–Crippen MR) is 45.5 cm³/mol. The van der Waals surface area contributed by atoms with Crippen LogP contribution in [0.5, 0.6) is 0 Å². The SMILES string of the molecule is C=C(C)C(=O)Nc1cccnn1. The predicted octanol–water partition coefficient (Wildman–Crippen LogP) is 0.991. The lowest BCUT2D eigenvalue weighted by Crippen LogP contribution is -2.12. The Hall–Kier alpha value is -1.71. The van der Waals surface area contributed by atoms with Crippen molar-refractivity contribution in [3.8, 4) is 0 Å². The molecule has 1 N–H and O–H groups in total. The Morgan fingerprint density at radius 2 is 2.42 bits per heavy atom. The number of aromatic nitrogens is 2. The first kappa shape index (κ1) is 8.39. The van der Waals surface area contributed by atoms with E-state index in [9.17, 15) is 4.79 Å². The number of hydrogen-bond donors (Lipinski definition) is 1. The monoisotopic (exact) mass is 163 g/mol. The van der Waals surface area contributed by atoms with E-state index in [0.29, 0.717) is 11.4 Å². The largest absolute Gasteiger partial charge is 0.305 e. The molecule has 0 atom stereocenters. The van der Waals surface area contributed by atoms with Gasteiger partial charge in [-0.2, -0.15) is 5.10 Å². The van der Waals surface area contributed by atoms with Gasteiger partial charge in [-0.1, -0.05) is 6.58 Å². The van der Waals surface area contributed by atoms with Crippen molar-refractivity contribution in [3.05, 3.63) is 30.5 Å². The number of carbonyl (C=O) groups is 1. The highest BCUT2D eigenvalue weighted by Crippen LogP contribution is 1.99. The molecular formula is C8H9N3O. The molecular weight excluding hydrogens is 154 g/mol. The van der Waals surface area contributed by atoms with Crippen molar-refractivity contribution >= 4 is 11.7 Å². The van der Waals surface area contributed by atoms with Crippen LogP contribution in [0.4, 0.5) is 5.82 Å². The maximum atomic E-state index is 11.0.